The molecule has 0 saturated heterocycles. The third-order valence-corrected chi connectivity index (χ3v) is 5.18. The van der Waals surface area contributed by atoms with Crippen molar-refractivity contribution in [3.8, 4) is 0 Å². The largest absolute Gasteiger partial charge is 0.352 e. The Morgan fingerprint density at radius 2 is 1.91 bits per heavy atom. The summed E-state index contributed by atoms with van der Waals surface area (Å²) >= 11 is 0. The first-order valence-corrected chi connectivity index (χ1v) is 9.11. The first kappa shape index (κ1) is 16.3. The monoisotopic (exact) mass is 312 g/mol. The van der Waals surface area contributed by atoms with Crippen molar-refractivity contribution >= 4 is 11.5 Å². The minimum atomic E-state index is 0.117. The van der Waals surface area contributed by atoms with E-state index in [0.29, 0.717) is 6.54 Å². The van der Waals surface area contributed by atoms with E-state index in [1.165, 1.54) is 43.2 Å². The number of amides is 1. The van der Waals surface area contributed by atoms with Gasteiger partial charge in [0.15, 0.2) is 0 Å². The maximum Gasteiger partial charge on any atom is 0.248 e. The Bertz CT molecular complexity index is 544. The molecule has 23 heavy (non-hydrogen) atoms. The van der Waals surface area contributed by atoms with Crippen LogP contribution in [0.1, 0.15) is 50.5 Å². The van der Waals surface area contributed by atoms with Crippen LogP contribution >= 0.6 is 0 Å². The zero-order chi connectivity index (χ0) is 15.9. The molecular formula is C20H28N2O. The van der Waals surface area contributed by atoms with Crippen molar-refractivity contribution in [2.75, 3.05) is 19.6 Å². The number of nitrogens with one attached hydrogen (secondary N) is 2. The van der Waals surface area contributed by atoms with Crippen LogP contribution in [0.5, 0.6) is 0 Å². The Hall–Kier alpha value is -1.61. The third-order valence-electron chi connectivity index (χ3n) is 5.18. The normalized spacial score (nSPS) is 19.7. The second-order valence-electron chi connectivity index (χ2n) is 6.80. The van der Waals surface area contributed by atoms with Gasteiger partial charge in [0.05, 0.1) is 0 Å². The highest BCUT2D eigenvalue weighted by molar-refractivity contribution is 6.02. The van der Waals surface area contributed by atoms with E-state index in [1.807, 2.05) is 18.2 Å². The molecule has 0 unspecified atom stereocenters. The molecule has 1 aromatic carbocycles. The number of hydrogen-bond acceptors (Lipinski definition) is 2. The molecular weight excluding hydrogens is 284 g/mol. The van der Waals surface area contributed by atoms with E-state index < -0.39 is 0 Å². The lowest BCUT2D eigenvalue weighted by molar-refractivity contribution is -0.117. The highest BCUT2D eigenvalue weighted by atomic mass is 16.1. The van der Waals surface area contributed by atoms with Crippen LogP contribution in [0.15, 0.2) is 35.9 Å². The molecule has 3 rings (SSSR count). The molecule has 1 saturated carbocycles. The van der Waals surface area contributed by atoms with Crippen LogP contribution in [-0.2, 0) is 4.79 Å². The molecule has 1 fully saturated rings. The number of rotatable bonds is 5. The Morgan fingerprint density at radius 1 is 1.13 bits per heavy atom. The van der Waals surface area contributed by atoms with Gasteiger partial charge < -0.3 is 10.6 Å². The second kappa shape index (κ2) is 8.30. The van der Waals surface area contributed by atoms with Crippen LogP contribution in [-0.4, -0.2) is 25.5 Å². The van der Waals surface area contributed by atoms with Gasteiger partial charge in [-0.1, -0.05) is 62.4 Å². The molecule has 1 amide bonds. The van der Waals surface area contributed by atoms with E-state index in [0.717, 1.165) is 37.4 Å². The minimum absolute atomic E-state index is 0.117. The average Bonchev–Trinajstić information content (AvgIpc) is 2.63. The summed E-state index contributed by atoms with van der Waals surface area (Å²) in [5, 5.41) is 6.50. The summed E-state index contributed by atoms with van der Waals surface area (Å²) in [6.07, 6.45) is 8.87. The second-order valence-corrected chi connectivity index (χ2v) is 6.80. The maximum atomic E-state index is 12.6. The molecule has 0 spiro atoms. The van der Waals surface area contributed by atoms with Crippen LogP contribution in [0.3, 0.4) is 0 Å². The SMILES string of the molecule is O=C(NCCC1CCCCC1)C1=C(c2ccccc2)CCNC1. The number of benzene rings is 1. The molecule has 0 atom stereocenters. The zero-order valence-electron chi connectivity index (χ0n) is 13.9. The summed E-state index contributed by atoms with van der Waals surface area (Å²) in [5.74, 6) is 0.933. The molecule has 1 aromatic rings. The van der Waals surface area contributed by atoms with Crippen LogP contribution in [0.25, 0.3) is 5.57 Å². The first-order valence-electron chi connectivity index (χ1n) is 9.11. The molecule has 1 heterocycles. The molecule has 2 N–H and O–H groups in total. The van der Waals surface area contributed by atoms with Gasteiger partial charge in [-0.2, -0.15) is 0 Å². The van der Waals surface area contributed by atoms with Crippen LogP contribution in [0.4, 0.5) is 0 Å². The van der Waals surface area contributed by atoms with Crippen molar-refractivity contribution < 1.29 is 4.79 Å². The van der Waals surface area contributed by atoms with E-state index in [4.69, 9.17) is 0 Å². The third kappa shape index (κ3) is 4.44. The Labute approximate surface area is 139 Å². The molecule has 124 valence electrons. The van der Waals surface area contributed by atoms with Crippen molar-refractivity contribution in [3.05, 3.63) is 41.5 Å². The number of carbonyl (C=O) groups excluding carboxylic acids is 1. The first-order chi connectivity index (χ1) is 11.3. The molecule has 1 aliphatic carbocycles. The number of carbonyl (C=O) groups is 1. The van der Waals surface area contributed by atoms with Crippen LogP contribution in [0, 0.1) is 5.92 Å². The van der Waals surface area contributed by atoms with E-state index in [2.05, 4.69) is 22.8 Å². The van der Waals surface area contributed by atoms with Gasteiger partial charge in [-0.25, -0.2) is 0 Å². The predicted molar refractivity (Wildman–Crippen MR) is 95.1 cm³/mol. The quantitative estimate of drug-likeness (QED) is 0.873. The van der Waals surface area contributed by atoms with Crippen LogP contribution in [0.2, 0.25) is 0 Å². The summed E-state index contributed by atoms with van der Waals surface area (Å²) < 4.78 is 0. The van der Waals surface area contributed by atoms with Crippen molar-refractivity contribution in [3.63, 3.8) is 0 Å². The Balaban J connectivity index is 1.60. The molecule has 0 aromatic heterocycles. The van der Waals surface area contributed by atoms with Gasteiger partial charge in [0.25, 0.3) is 0 Å². The van der Waals surface area contributed by atoms with Gasteiger partial charge in [-0.3, -0.25) is 4.79 Å². The standard InChI is InChI=1S/C20H28N2O/c23-20(22-14-11-16-7-3-1-4-8-16)19-15-21-13-12-18(19)17-9-5-2-6-10-17/h2,5-6,9-10,16,21H,1,3-4,7-8,11-15H2,(H,22,23). The fraction of sp³-hybridized carbons (Fsp3) is 0.550. The average molecular weight is 312 g/mol. The maximum absolute atomic E-state index is 12.6. The minimum Gasteiger partial charge on any atom is -0.352 e. The molecule has 3 heteroatoms. The van der Waals surface area contributed by atoms with Gasteiger partial charge in [0.1, 0.15) is 0 Å². The highest BCUT2D eigenvalue weighted by Gasteiger charge is 2.20. The zero-order valence-corrected chi connectivity index (χ0v) is 13.9. The molecule has 2 aliphatic rings. The van der Waals surface area contributed by atoms with Crippen molar-refractivity contribution in [2.24, 2.45) is 5.92 Å². The van der Waals surface area contributed by atoms with Gasteiger partial charge in [0.2, 0.25) is 5.91 Å². The lowest BCUT2D eigenvalue weighted by atomic mass is 9.87. The number of hydrogen-bond donors (Lipinski definition) is 2. The van der Waals surface area contributed by atoms with Crippen molar-refractivity contribution in [1.29, 1.82) is 0 Å². The van der Waals surface area contributed by atoms with E-state index in [-0.39, 0.29) is 5.91 Å². The topological polar surface area (TPSA) is 41.1 Å². The summed E-state index contributed by atoms with van der Waals surface area (Å²) in [4.78, 5) is 12.6. The lowest BCUT2D eigenvalue weighted by Crippen LogP contribution is -2.35. The van der Waals surface area contributed by atoms with Gasteiger partial charge in [0, 0.05) is 18.7 Å². The smallest absolute Gasteiger partial charge is 0.248 e. The molecule has 3 nitrogen and oxygen atoms in total. The lowest BCUT2D eigenvalue weighted by Gasteiger charge is -2.23. The van der Waals surface area contributed by atoms with Crippen LogP contribution < -0.4 is 10.6 Å². The van der Waals surface area contributed by atoms with E-state index in [1.54, 1.807) is 0 Å². The summed E-state index contributed by atoms with van der Waals surface area (Å²) in [6, 6.07) is 10.3. The predicted octanol–water partition coefficient (Wildman–Crippen LogP) is 3.52. The fourth-order valence-electron chi connectivity index (χ4n) is 3.83. The summed E-state index contributed by atoms with van der Waals surface area (Å²) in [6.45, 7) is 2.44. The Kier molecular flexibility index (Phi) is 5.87. The van der Waals surface area contributed by atoms with Crippen molar-refractivity contribution in [1.82, 2.24) is 10.6 Å². The molecule has 0 bridgehead atoms. The summed E-state index contributed by atoms with van der Waals surface area (Å²) in [5.41, 5.74) is 3.32. The molecule has 1 aliphatic heterocycles. The summed E-state index contributed by atoms with van der Waals surface area (Å²) in [7, 11) is 0. The van der Waals surface area contributed by atoms with Crippen molar-refractivity contribution in [2.45, 2.75) is 44.9 Å². The van der Waals surface area contributed by atoms with Gasteiger partial charge in [-0.05, 0) is 36.4 Å². The van der Waals surface area contributed by atoms with Gasteiger partial charge >= 0.3 is 0 Å². The highest BCUT2D eigenvalue weighted by Crippen LogP contribution is 2.26. The fourth-order valence-corrected chi connectivity index (χ4v) is 3.83. The molecule has 0 radical (unpaired) electrons. The van der Waals surface area contributed by atoms with E-state index in [9.17, 15) is 4.79 Å². The van der Waals surface area contributed by atoms with E-state index >= 15 is 0 Å². The Morgan fingerprint density at radius 3 is 2.70 bits per heavy atom. The van der Waals surface area contributed by atoms with Gasteiger partial charge in [-0.15, -0.1) is 0 Å².